The van der Waals surface area contributed by atoms with Crippen LogP contribution in [0.1, 0.15) is 35.7 Å². The molecule has 0 spiro atoms. The zero-order valence-corrected chi connectivity index (χ0v) is 20.3. The number of nitrogens with zero attached hydrogens (tertiary/aromatic N) is 4. The van der Waals surface area contributed by atoms with Crippen molar-refractivity contribution in [2.24, 2.45) is 0 Å². The fourth-order valence-corrected chi connectivity index (χ4v) is 4.07. The summed E-state index contributed by atoms with van der Waals surface area (Å²) in [5, 5.41) is 10.8. The molecule has 2 aliphatic rings. The van der Waals surface area contributed by atoms with Crippen molar-refractivity contribution in [3.05, 3.63) is 46.7 Å². The van der Waals surface area contributed by atoms with Gasteiger partial charge in [-0.1, -0.05) is 17.7 Å². The third-order valence-electron chi connectivity index (χ3n) is 5.83. The van der Waals surface area contributed by atoms with Gasteiger partial charge < -0.3 is 20.3 Å². The molecule has 2 fully saturated rings. The fraction of sp³-hybridized carbons (Fsp3) is 0.458. The van der Waals surface area contributed by atoms with Crippen LogP contribution in [0.15, 0.2) is 30.5 Å². The number of benzene rings is 1. The van der Waals surface area contributed by atoms with Crippen LogP contribution < -0.4 is 10.6 Å². The highest BCUT2D eigenvalue weighted by Gasteiger charge is 2.24. The Morgan fingerprint density at radius 2 is 2.06 bits per heavy atom. The van der Waals surface area contributed by atoms with Crippen LogP contribution in [0.3, 0.4) is 0 Å². The monoisotopic (exact) mass is 470 g/mol. The molecule has 1 aliphatic heterocycles. The Balaban J connectivity index is 0.000000275. The maximum atomic E-state index is 12.3. The van der Waals surface area contributed by atoms with E-state index in [1.807, 2.05) is 32.2 Å². The number of halogens is 1. The number of rotatable bonds is 4. The largest absolute Gasteiger partial charge is 0.385 e. The number of hydrogen-bond donors (Lipinski definition) is 2. The van der Waals surface area contributed by atoms with Gasteiger partial charge in [0.05, 0.1) is 30.3 Å². The number of imidazole rings is 1. The smallest absolute Gasteiger partial charge is 0.251 e. The van der Waals surface area contributed by atoms with Crippen LogP contribution in [0.5, 0.6) is 0 Å². The molecule has 1 amide bonds. The molecule has 2 aromatic heterocycles. The standard InChI is InChI=1S/C18H18ClN5O.C6H13NO/c1-10-7-11(3-6-13(10)18(25)22-12-4-5-12)15-9-21-17-14(20-2)8-16(19)23-24(15)17;1-6-5-7(2)3-4-8-6/h3,6-9,12,20H,4-5H2,1-2H3,(H,22,25);6H,3-5H2,1-2H3. The molecule has 1 saturated heterocycles. The van der Waals surface area contributed by atoms with E-state index in [0.29, 0.717) is 28.5 Å². The molecule has 5 rings (SSSR count). The summed E-state index contributed by atoms with van der Waals surface area (Å²) in [5.41, 5.74) is 4.89. The highest BCUT2D eigenvalue weighted by Crippen LogP contribution is 2.27. The number of carbonyl (C=O) groups excluding carboxylic acids is 1. The first-order chi connectivity index (χ1) is 15.9. The molecule has 2 N–H and O–H groups in total. The van der Waals surface area contributed by atoms with E-state index < -0.39 is 0 Å². The summed E-state index contributed by atoms with van der Waals surface area (Å²) in [6.07, 6.45) is 4.35. The van der Waals surface area contributed by atoms with Crippen LogP contribution in [-0.4, -0.2) is 71.3 Å². The average Bonchev–Trinajstić information content (AvgIpc) is 3.49. The number of nitrogens with one attached hydrogen (secondary N) is 2. The first-order valence-corrected chi connectivity index (χ1v) is 11.7. The SMILES string of the molecule is CC1CN(C)CCO1.CNc1cc(Cl)nn2c(-c3ccc(C(=O)NC4CC4)c(C)c3)cnc12. The number of ether oxygens (including phenoxy) is 1. The second kappa shape index (κ2) is 10.1. The average molecular weight is 471 g/mol. The number of amides is 1. The molecule has 1 aliphatic carbocycles. The van der Waals surface area contributed by atoms with Gasteiger partial charge in [-0.05, 0) is 51.4 Å². The van der Waals surface area contributed by atoms with Crippen LogP contribution in [-0.2, 0) is 4.74 Å². The van der Waals surface area contributed by atoms with Crippen LogP contribution >= 0.6 is 11.6 Å². The molecule has 8 nitrogen and oxygen atoms in total. The summed E-state index contributed by atoms with van der Waals surface area (Å²) in [4.78, 5) is 19.0. The van der Waals surface area contributed by atoms with Crippen LogP contribution in [0.2, 0.25) is 5.15 Å². The van der Waals surface area contributed by atoms with E-state index in [1.54, 1.807) is 16.8 Å². The maximum Gasteiger partial charge on any atom is 0.251 e. The lowest BCUT2D eigenvalue weighted by atomic mass is 10.0. The zero-order chi connectivity index (χ0) is 23.5. The van der Waals surface area contributed by atoms with Crippen molar-refractivity contribution >= 4 is 28.8 Å². The van der Waals surface area contributed by atoms with Gasteiger partial charge in [-0.3, -0.25) is 4.79 Å². The Labute approximate surface area is 199 Å². The summed E-state index contributed by atoms with van der Waals surface area (Å²) in [5.74, 6) is -0.0108. The normalized spacial score (nSPS) is 18.5. The quantitative estimate of drug-likeness (QED) is 0.605. The molecule has 3 aromatic rings. The lowest BCUT2D eigenvalue weighted by Crippen LogP contribution is -2.38. The van der Waals surface area contributed by atoms with Gasteiger partial charge in [-0.15, -0.1) is 0 Å². The molecule has 9 heteroatoms. The molecule has 3 heterocycles. The summed E-state index contributed by atoms with van der Waals surface area (Å²) in [7, 11) is 3.94. The number of hydrogen-bond acceptors (Lipinski definition) is 6. The number of aromatic nitrogens is 3. The Morgan fingerprint density at radius 1 is 1.27 bits per heavy atom. The van der Waals surface area contributed by atoms with E-state index in [1.165, 1.54) is 0 Å². The summed E-state index contributed by atoms with van der Waals surface area (Å²) in [6, 6.07) is 7.83. The first-order valence-electron chi connectivity index (χ1n) is 11.3. The molecule has 1 atom stereocenters. The number of anilines is 1. The van der Waals surface area contributed by atoms with E-state index in [9.17, 15) is 4.79 Å². The number of fused-ring (bicyclic) bond motifs is 1. The number of aryl methyl sites for hydroxylation is 1. The molecule has 1 saturated carbocycles. The Hall–Kier alpha value is -2.68. The summed E-state index contributed by atoms with van der Waals surface area (Å²) < 4.78 is 7.02. The van der Waals surface area contributed by atoms with Gasteiger partial charge >= 0.3 is 0 Å². The molecule has 1 aromatic carbocycles. The molecular weight excluding hydrogens is 440 g/mol. The molecule has 1 unspecified atom stereocenters. The van der Waals surface area contributed by atoms with Crippen molar-refractivity contribution in [3.63, 3.8) is 0 Å². The zero-order valence-electron chi connectivity index (χ0n) is 19.6. The minimum Gasteiger partial charge on any atom is -0.385 e. The van der Waals surface area contributed by atoms with Crippen molar-refractivity contribution in [1.29, 1.82) is 0 Å². The Kier molecular flexibility index (Phi) is 7.17. The van der Waals surface area contributed by atoms with E-state index >= 15 is 0 Å². The van der Waals surface area contributed by atoms with Crippen molar-refractivity contribution in [2.45, 2.75) is 38.8 Å². The van der Waals surface area contributed by atoms with Gasteiger partial charge in [0.1, 0.15) is 0 Å². The highest BCUT2D eigenvalue weighted by atomic mass is 35.5. The molecule has 0 radical (unpaired) electrons. The minimum atomic E-state index is -0.0108. The van der Waals surface area contributed by atoms with Gasteiger partial charge in [-0.2, -0.15) is 5.10 Å². The third kappa shape index (κ3) is 5.63. The minimum absolute atomic E-state index is 0.0108. The van der Waals surface area contributed by atoms with Gasteiger partial charge in [0, 0.05) is 43.4 Å². The van der Waals surface area contributed by atoms with Crippen molar-refractivity contribution in [3.8, 4) is 11.3 Å². The first kappa shape index (κ1) is 23.5. The lowest BCUT2D eigenvalue weighted by molar-refractivity contribution is -0.00861. The van der Waals surface area contributed by atoms with E-state index in [2.05, 4.69) is 39.6 Å². The summed E-state index contributed by atoms with van der Waals surface area (Å²) >= 11 is 6.12. The number of morpholine rings is 1. The van der Waals surface area contributed by atoms with Crippen molar-refractivity contribution < 1.29 is 9.53 Å². The predicted molar refractivity (Wildman–Crippen MR) is 131 cm³/mol. The predicted octanol–water partition coefficient (Wildman–Crippen LogP) is 3.63. The van der Waals surface area contributed by atoms with Gasteiger partial charge in [0.15, 0.2) is 10.8 Å². The van der Waals surface area contributed by atoms with Crippen molar-refractivity contribution in [2.75, 3.05) is 39.1 Å². The van der Waals surface area contributed by atoms with E-state index in [0.717, 1.165) is 55.0 Å². The highest BCUT2D eigenvalue weighted by molar-refractivity contribution is 6.29. The van der Waals surface area contributed by atoms with Gasteiger partial charge in [0.2, 0.25) is 0 Å². The molecule has 33 heavy (non-hydrogen) atoms. The molecule has 0 bridgehead atoms. The van der Waals surface area contributed by atoms with Gasteiger partial charge in [-0.25, -0.2) is 9.50 Å². The van der Waals surface area contributed by atoms with Crippen LogP contribution in [0.4, 0.5) is 5.69 Å². The summed E-state index contributed by atoms with van der Waals surface area (Å²) in [6.45, 7) is 7.12. The van der Waals surface area contributed by atoms with Crippen molar-refractivity contribution in [1.82, 2.24) is 24.8 Å². The van der Waals surface area contributed by atoms with Crippen LogP contribution in [0, 0.1) is 6.92 Å². The van der Waals surface area contributed by atoms with Crippen LogP contribution in [0.25, 0.3) is 16.9 Å². The van der Waals surface area contributed by atoms with E-state index in [4.69, 9.17) is 16.3 Å². The second-order valence-corrected chi connectivity index (χ2v) is 9.12. The lowest BCUT2D eigenvalue weighted by Gasteiger charge is -2.27. The Bertz CT molecular complexity index is 1140. The van der Waals surface area contributed by atoms with E-state index in [-0.39, 0.29) is 5.91 Å². The fourth-order valence-electron chi connectivity index (χ4n) is 3.88. The molecule has 176 valence electrons. The topological polar surface area (TPSA) is 83.8 Å². The maximum absolute atomic E-state index is 12.3. The second-order valence-electron chi connectivity index (χ2n) is 8.73. The van der Waals surface area contributed by atoms with Gasteiger partial charge in [0.25, 0.3) is 5.91 Å². The number of carbonyl (C=O) groups is 1. The third-order valence-corrected chi connectivity index (χ3v) is 6.02. The Morgan fingerprint density at radius 3 is 2.67 bits per heavy atom. The number of likely N-dealkylation sites (N-methyl/N-ethyl adjacent to an activating group) is 1. The molecular formula is C24H31ClN6O2.